The minimum Gasteiger partial charge on any atom is -0.388 e. The topological polar surface area (TPSA) is 151 Å². The van der Waals surface area contributed by atoms with E-state index in [2.05, 4.69) is 157 Å². The molecular formula is C69H82N10O2+2. The molecule has 12 nitrogen and oxygen atoms in total. The number of carbonyl (C=O) groups is 2. The van der Waals surface area contributed by atoms with Crippen molar-refractivity contribution in [3.8, 4) is 11.1 Å². The molecule has 0 aliphatic heterocycles. The number of rotatable bonds is 27. The summed E-state index contributed by atoms with van der Waals surface area (Å²) >= 11 is 0. The zero-order valence-electron chi connectivity index (χ0n) is 48.4. The molecule has 0 bridgehead atoms. The molecule has 2 aliphatic rings. The molecule has 0 radical (unpaired) electrons. The highest BCUT2D eigenvalue weighted by Gasteiger charge is 2.21. The lowest BCUT2D eigenvalue weighted by Gasteiger charge is -2.17. The third kappa shape index (κ3) is 16.7. The number of quaternary nitrogens is 1. The lowest BCUT2D eigenvalue weighted by molar-refractivity contribution is -0.477. The number of benzene rings is 6. The minimum atomic E-state index is -0.0730. The summed E-state index contributed by atoms with van der Waals surface area (Å²) < 4.78 is 1.96. The number of nitrogens with zero attached hydrogens (tertiary/aromatic N) is 3. The standard InChI is InChI=1S/C69H80N10O2/c1-48-42-58(34-36-60(48)70-5)78-66-45-51(4)63(47-67(66)79(7)59-24-16-13-17-25-59)73-39-19-9-11-21-41-75-69(81)55-32-28-53(29-33-55)52-26-30-54(31-27-52)68(80)74-40-20-10-8-18-38-72-61-37-35-57(43-49(61)2)77-64-44-50(3)62(71-6)46-65(64)76-56-22-14-12-15-23-56/h12-17,22-33,36-37,42-47,70-73,76H,7-11,18-21,34-35,38-41H2,1-6H3,(H-,74,75,80,81)/p+2. The Bertz CT molecular complexity index is 3330. The normalized spacial score (nSPS) is 14.1. The van der Waals surface area contributed by atoms with Crippen molar-refractivity contribution in [2.24, 2.45) is 9.98 Å². The number of nitrogens with one attached hydrogen (secondary N) is 6. The molecule has 81 heavy (non-hydrogen) atoms. The number of aryl methyl sites for hydroxylation is 2. The van der Waals surface area contributed by atoms with E-state index in [1.54, 1.807) is 0 Å². The van der Waals surface area contributed by atoms with Gasteiger partial charge >= 0.3 is 0 Å². The summed E-state index contributed by atoms with van der Waals surface area (Å²) in [6.45, 7) is 15.9. The van der Waals surface area contributed by atoms with Crippen molar-refractivity contribution in [3.63, 3.8) is 0 Å². The van der Waals surface area contributed by atoms with Gasteiger partial charge in [0.1, 0.15) is 23.8 Å². The summed E-state index contributed by atoms with van der Waals surface area (Å²) in [5, 5.41) is 22.3. The van der Waals surface area contributed by atoms with Crippen LogP contribution in [0.3, 0.4) is 0 Å². The van der Waals surface area contributed by atoms with Crippen LogP contribution in [0.1, 0.15) is 110 Å². The Morgan fingerprint density at radius 2 is 1.02 bits per heavy atom. The SMILES string of the molecule is C=[N+](c1ccccc1)c1cc(NCCCCCCNC(=O)c2ccc(-c3ccc(C(=O)NCCCCCCNC4=CCC(=Nc5cc(C)c(NC)cc5[NH2+]c5ccccc5)C=C4C)cc3)cc2)c(C)cc1N=C1C=C(C)C(NC)=CC1. The van der Waals surface area contributed by atoms with Crippen LogP contribution >= 0.6 is 0 Å². The van der Waals surface area contributed by atoms with Crippen molar-refractivity contribution in [3.05, 3.63) is 203 Å². The average molecular weight is 1080 g/mol. The van der Waals surface area contributed by atoms with Crippen LogP contribution in [0, 0.1) is 13.8 Å². The Hall–Kier alpha value is -8.61. The Morgan fingerprint density at radius 1 is 0.531 bits per heavy atom. The van der Waals surface area contributed by atoms with Crippen LogP contribution in [0.15, 0.2) is 190 Å². The lowest BCUT2D eigenvalue weighted by Crippen LogP contribution is -2.71. The zero-order chi connectivity index (χ0) is 56.9. The van der Waals surface area contributed by atoms with Crippen LogP contribution in [0.4, 0.5) is 45.5 Å². The van der Waals surface area contributed by atoms with E-state index in [4.69, 9.17) is 9.98 Å². The first-order valence-electron chi connectivity index (χ1n) is 28.8. The maximum Gasteiger partial charge on any atom is 0.251 e. The average Bonchev–Trinajstić information content (AvgIpc) is 3.50. The molecular weight excluding hydrogens is 1000 g/mol. The van der Waals surface area contributed by atoms with Gasteiger partial charge in [0, 0.05) is 123 Å². The fourth-order valence-electron chi connectivity index (χ4n) is 10.2. The quantitative estimate of drug-likeness (QED) is 0.0118. The molecule has 418 valence electrons. The summed E-state index contributed by atoms with van der Waals surface area (Å²) in [4.78, 5) is 36.3. The molecule has 0 unspecified atom stereocenters. The molecule has 2 aliphatic carbocycles. The van der Waals surface area contributed by atoms with E-state index in [9.17, 15) is 9.59 Å². The summed E-state index contributed by atoms with van der Waals surface area (Å²) in [5.41, 5.74) is 20.5. The first-order valence-corrected chi connectivity index (χ1v) is 28.8. The van der Waals surface area contributed by atoms with Gasteiger partial charge in [-0.2, -0.15) is 4.58 Å². The van der Waals surface area contributed by atoms with Gasteiger partial charge in [0.2, 0.25) is 11.4 Å². The van der Waals surface area contributed by atoms with Gasteiger partial charge < -0.3 is 31.9 Å². The molecule has 0 aromatic heterocycles. The van der Waals surface area contributed by atoms with Crippen LogP contribution in [-0.4, -0.2) is 70.2 Å². The molecule has 0 saturated carbocycles. The maximum atomic E-state index is 13.0. The number of amides is 2. The summed E-state index contributed by atoms with van der Waals surface area (Å²) in [6.07, 6.45) is 18.4. The van der Waals surface area contributed by atoms with Crippen molar-refractivity contribution in [1.29, 1.82) is 0 Å². The Labute approximate surface area is 480 Å². The van der Waals surface area contributed by atoms with Gasteiger partial charge in [-0.25, -0.2) is 9.98 Å². The number of nitrogens with two attached hydrogens (primary N) is 1. The number of hydrogen-bond acceptors (Lipinski definition) is 8. The van der Waals surface area contributed by atoms with Gasteiger partial charge in [-0.15, -0.1) is 0 Å². The Balaban J connectivity index is 0.692. The molecule has 0 heterocycles. The fraction of sp³-hybridized carbons (Fsp3) is 0.290. The van der Waals surface area contributed by atoms with E-state index in [1.165, 1.54) is 22.4 Å². The second-order valence-electron chi connectivity index (χ2n) is 21.1. The summed E-state index contributed by atoms with van der Waals surface area (Å²) in [7, 11) is 3.91. The predicted molar refractivity (Wildman–Crippen MR) is 341 cm³/mol. The van der Waals surface area contributed by atoms with Crippen LogP contribution in [0.5, 0.6) is 0 Å². The molecule has 0 spiro atoms. The number of para-hydroxylation sites is 2. The van der Waals surface area contributed by atoms with E-state index >= 15 is 0 Å². The highest BCUT2D eigenvalue weighted by Crippen LogP contribution is 2.37. The smallest absolute Gasteiger partial charge is 0.251 e. The lowest BCUT2D eigenvalue weighted by atomic mass is 10.0. The second-order valence-corrected chi connectivity index (χ2v) is 21.1. The van der Waals surface area contributed by atoms with E-state index in [0.717, 1.165) is 157 Å². The summed E-state index contributed by atoms with van der Waals surface area (Å²) in [5.74, 6) is -0.139. The maximum absolute atomic E-state index is 13.0. The predicted octanol–water partition coefficient (Wildman–Crippen LogP) is 13.9. The van der Waals surface area contributed by atoms with Crippen LogP contribution in [-0.2, 0) is 0 Å². The monoisotopic (exact) mass is 1080 g/mol. The van der Waals surface area contributed by atoms with Gasteiger partial charge in [0.15, 0.2) is 5.69 Å². The number of carbonyl (C=O) groups excluding carboxylic acids is 2. The van der Waals surface area contributed by atoms with Crippen LogP contribution in [0.25, 0.3) is 11.1 Å². The molecule has 8 N–H and O–H groups in total. The van der Waals surface area contributed by atoms with Crippen molar-refractivity contribution >= 4 is 75.5 Å². The number of aliphatic imine (C=N–C) groups is 2. The van der Waals surface area contributed by atoms with Crippen LogP contribution in [0.2, 0.25) is 0 Å². The second kappa shape index (κ2) is 29.6. The molecule has 8 rings (SSSR count). The molecule has 6 aromatic carbocycles. The largest absolute Gasteiger partial charge is 0.388 e. The van der Waals surface area contributed by atoms with Gasteiger partial charge in [-0.3, -0.25) is 14.9 Å². The Kier molecular flexibility index (Phi) is 21.4. The molecule has 2 amide bonds. The van der Waals surface area contributed by atoms with Gasteiger partial charge in [0.05, 0.1) is 0 Å². The van der Waals surface area contributed by atoms with Crippen molar-refractivity contribution < 1.29 is 14.9 Å². The number of likely N-dealkylation sites (N-methyl/N-ethyl adjacent to an activating group) is 1. The highest BCUT2D eigenvalue weighted by atomic mass is 16.2. The first kappa shape index (κ1) is 58.5. The Morgan fingerprint density at radius 3 is 1.57 bits per heavy atom. The number of allylic oxidation sites excluding steroid dienone is 6. The molecule has 6 aromatic rings. The molecule has 0 saturated heterocycles. The zero-order valence-corrected chi connectivity index (χ0v) is 48.4. The van der Waals surface area contributed by atoms with E-state index in [-0.39, 0.29) is 11.8 Å². The molecule has 12 heteroatoms. The van der Waals surface area contributed by atoms with Gasteiger partial charge in [-0.1, -0.05) is 98.5 Å². The highest BCUT2D eigenvalue weighted by molar-refractivity contribution is 6.02. The van der Waals surface area contributed by atoms with Gasteiger partial charge in [-0.05, 0) is 147 Å². The van der Waals surface area contributed by atoms with Crippen molar-refractivity contribution in [2.45, 2.75) is 91.9 Å². The van der Waals surface area contributed by atoms with E-state index < -0.39 is 0 Å². The molecule has 0 fully saturated rings. The van der Waals surface area contributed by atoms with E-state index in [1.807, 2.05) is 91.5 Å². The molecule has 0 atom stereocenters. The third-order valence-electron chi connectivity index (χ3n) is 14.9. The fourth-order valence-corrected chi connectivity index (χ4v) is 10.2. The minimum absolute atomic E-state index is 0.0659. The summed E-state index contributed by atoms with van der Waals surface area (Å²) in [6, 6.07) is 44.5. The van der Waals surface area contributed by atoms with Crippen LogP contribution < -0.4 is 41.8 Å². The number of anilines is 2. The first-order chi connectivity index (χ1) is 39.5. The van der Waals surface area contributed by atoms with E-state index in [0.29, 0.717) is 24.2 Å². The van der Waals surface area contributed by atoms with Gasteiger partial charge in [0.25, 0.3) is 11.8 Å². The van der Waals surface area contributed by atoms with Crippen molar-refractivity contribution in [1.82, 2.24) is 25.8 Å². The third-order valence-corrected chi connectivity index (χ3v) is 14.9. The number of hydrogen-bond donors (Lipinski definition) is 7. The number of unbranched alkanes of at least 4 members (excludes halogenated alkanes) is 6. The van der Waals surface area contributed by atoms with Crippen molar-refractivity contribution in [2.75, 3.05) is 50.9 Å².